The number of aromatic nitrogens is 2. The highest BCUT2D eigenvalue weighted by Gasteiger charge is 2.06. The number of ether oxygens (including phenoxy) is 1. The van der Waals surface area contributed by atoms with E-state index in [-0.39, 0.29) is 0 Å². The van der Waals surface area contributed by atoms with Gasteiger partial charge < -0.3 is 10.1 Å². The van der Waals surface area contributed by atoms with E-state index in [1.807, 2.05) is 6.92 Å². The Kier molecular flexibility index (Phi) is 3.19. The predicted octanol–water partition coefficient (Wildman–Crippen LogP) is 0.864. The third kappa shape index (κ3) is 2.14. The first kappa shape index (κ1) is 9.44. The zero-order chi connectivity index (χ0) is 9.68. The highest BCUT2D eigenvalue weighted by Crippen LogP contribution is 2.21. The van der Waals surface area contributed by atoms with Crippen molar-refractivity contribution in [1.82, 2.24) is 9.97 Å². The standard InChI is InChI=1S/C8H12N4O/c1-6-7(11-4-9-2)8(13-3)12-5-10-6/h4-5H,1-3H3,(H,9,11). The zero-order valence-electron chi connectivity index (χ0n) is 7.90. The molecule has 0 aromatic carbocycles. The van der Waals surface area contributed by atoms with Gasteiger partial charge in [0.15, 0.2) is 0 Å². The van der Waals surface area contributed by atoms with Gasteiger partial charge in [0.05, 0.1) is 19.1 Å². The summed E-state index contributed by atoms with van der Waals surface area (Å²) < 4.78 is 5.05. The number of aryl methyl sites for hydroxylation is 1. The van der Waals surface area contributed by atoms with Crippen molar-refractivity contribution in [3.05, 3.63) is 12.0 Å². The van der Waals surface area contributed by atoms with Crippen molar-refractivity contribution in [1.29, 1.82) is 0 Å². The molecule has 0 aliphatic heterocycles. The molecule has 1 aromatic heterocycles. The maximum Gasteiger partial charge on any atom is 0.240 e. The quantitative estimate of drug-likeness (QED) is 0.553. The Labute approximate surface area is 76.9 Å². The Balaban J connectivity index is 3.00. The van der Waals surface area contributed by atoms with Crippen LogP contribution in [0, 0.1) is 6.92 Å². The summed E-state index contributed by atoms with van der Waals surface area (Å²) in [6.07, 6.45) is 3.02. The summed E-state index contributed by atoms with van der Waals surface area (Å²) in [6.45, 7) is 1.87. The highest BCUT2D eigenvalue weighted by molar-refractivity contribution is 5.78. The van der Waals surface area contributed by atoms with Gasteiger partial charge in [-0.2, -0.15) is 4.98 Å². The Bertz CT molecular complexity index is 311. The molecule has 0 saturated carbocycles. The van der Waals surface area contributed by atoms with Crippen molar-refractivity contribution in [2.45, 2.75) is 6.92 Å². The van der Waals surface area contributed by atoms with E-state index >= 15 is 0 Å². The molecule has 0 spiro atoms. The summed E-state index contributed by atoms with van der Waals surface area (Å²) in [5, 5.41) is 2.94. The topological polar surface area (TPSA) is 59.4 Å². The van der Waals surface area contributed by atoms with Crippen LogP contribution in [0.5, 0.6) is 5.88 Å². The molecule has 1 rings (SSSR count). The molecule has 1 N–H and O–H groups in total. The van der Waals surface area contributed by atoms with Gasteiger partial charge in [0.1, 0.15) is 12.0 Å². The van der Waals surface area contributed by atoms with Gasteiger partial charge in [-0.05, 0) is 6.92 Å². The molecule has 13 heavy (non-hydrogen) atoms. The van der Waals surface area contributed by atoms with Gasteiger partial charge in [0, 0.05) is 7.05 Å². The second kappa shape index (κ2) is 4.39. The van der Waals surface area contributed by atoms with Gasteiger partial charge in [-0.3, -0.25) is 4.99 Å². The third-order valence-electron chi connectivity index (χ3n) is 1.53. The molecule has 0 aliphatic rings. The van der Waals surface area contributed by atoms with Gasteiger partial charge in [-0.15, -0.1) is 0 Å². The molecule has 0 bridgehead atoms. The largest absolute Gasteiger partial charge is 0.479 e. The molecule has 5 heteroatoms. The van der Waals surface area contributed by atoms with Gasteiger partial charge in [0.25, 0.3) is 0 Å². The number of aliphatic imine (C=N–C) groups is 1. The monoisotopic (exact) mass is 180 g/mol. The third-order valence-corrected chi connectivity index (χ3v) is 1.53. The van der Waals surface area contributed by atoms with Crippen LogP contribution < -0.4 is 10.1 Å². The van der Waals surface area contributed by atoms with Gasteiger partial charge in [-0.1, -0.05) is 0 Å². The van der Waals surface area contributed by atoms with E-state index < -0.39 is 0 Å². The predicted molar refractivity (Wildman–Crippen MR) is 51.4 cm³/mol. The van der Waals surface area contributed by atoms with E-state index in [2.05, 4.69) is 20.3 Å². The van der Waals surface area contributed by atoms with Crippen molar-refractivity contribution in [2.75, 3.05) is 19.5 Å². The lowest BCUT2D eigenvalue weighted by Crippen LogP contribution is -2.03. The Morgan fingerprint density at radius 2 is 2.31 bits per heavy atom. The molecule has 1 aromatic rings. The molecular weight excluding hydrogens is 168 g/mol. The molecule has 5 nitrogen and oxygen atoms in total. The maximum atomic E-state index is 5.05. The number of methoxy groups -OCH3 is 1. The second-order valence-electron chi connectivity index (χ2n) is 2.37. The van der Waals surface area contributed by atoms with Crippen LogP contribution in [-0.2, 0) is 0 Å². The van der Waals surface area contributed by atoms with Crippen LogP contribution in [0.1, 0.15) is 5.69 Å². The van der Waals surface area contributed by atoms with Crippen LogP contribution >= 0.6 is 0 Å². The fourth-order valence-electron chi connectivity index (χ4n) is 0.902. The Hall–Kier alpha value is -1.65. The normalized spacial score (nSPS) is 10.4. The van der Waals surface area contributed by atoms with E-state index in [4.69, 9.17) is 4.74 Å². The number of hydrogen-bond acceptors (Lipinski definition) is 4. The van der Waals surface area contributed by atoms with E-state index in [1.165, 1.54) is 6.33 Å². The minimum atomic E-state index is 0.521. The second-order valence-corrected chi connectivity index (χ2v) is 2.37. The molecule has 0 radical (unpaired) electrons. The highest BCUT2D eigenvalue weighted by atomic mass is 16.5. The van der Waals surface area contributed by atoms with Crippen LogP contribution in [-0.4, -0.2) is 30.5 Å². The molecule has 0 unspecified atom stereocenters. The SMILES string of the molecule is CN=CNc1c(C)ncnc1OC. The fraction of sp³-hybridized carbons (Fsp3) is 0.375. The van der Waals surface area contributed by atoms with Crippen LogP contribution in [0.15, 0.2) is 11.3 Å². The average molecular weight is 180 g/mol. The van der Waals surface area contributed by atoms with Crippen molar-refractivity contribution in [3.8, 4) is 5.88 Å². The Morgan fingerprint density at radius 1 is 1.54 bits per heavy atom. The fourth-order valence-corrected chi connectivity index (χ4v) is 0.902. The first-order valence-corrected chi connectivity index (χ1v) is 3.82. The molecule has 70 valence electrons. The smallest absolute Gasteiger partial charge is 0.240 e. The first-order valence-electron chi connectivity index (χ1n) is 3.82. The molecule has 1 heterocycles. The number of rotatable bonds is 3. The van der Waals surface area contributed by atoms with E-state index in [9.17, 15) is 0 Å². The maximum absolute atomic E-state index is 5.05. The lowest BCUT2D eigenvalue weighted by atomic mass is 10.3. The van der Waals surface area contributed by atoms with E-state index in [0.29, 0.717) is 5.88 Å². The van der Waals surface area contributed by atoms with Crippen LogP contribution in [0.25, 0.3) is 0 Å². The summed E-state index contributed by atoms with van der Waals surface area (Å²) in [7, 11) is 3.24. The van der Waals surface area contributed by atoms with Crippen molar-refractivity contribution >= 4 is 12.0 Å². The summed E-state index contributed by atoms with van der Waals surface area (Å²) in [5.41, 5.74) is 1.57. The number of nitrogens with one attached hydrogen (secondary N) is 1. The molecule has 0 fully saturated rings. The Morgan fingerprint density at radius 3 is 2.92 bits per heavy atom. The summed E-state index contributed by atoms with van der Waals surface area (Å²) in [4.78, 5) is 11.8. The lowest BCUT2D eigenvalue weighted by molar-refractivity contribution is 0.398. The van der Waals surface area contributed by atoms with E-state index in [1.54, 1.807) is 20.5 Å². The molecule has 0 amide bonds. The van der Waals surface area contributed by atoms with Gasteiger partial charge >= 0.3 is 0 Å². The minimum Gasteiger partial charge on any atom is -0.479 e. The van der Waals surface area contributed by atoms with Crippen LogP contribution in [0.2, 0.25) is 0 Å². The molecule has 0 saturated heterocycles. The van der Waals surface area contributed by atoms with Crippen LogP contribution in [0.3, 0.4) is 0 Å². The van der Waals surface area contributed by atoms with Crippen molar-refractivity contribution in [3.63, 3.8) is 0 Å². The number of nitrogens with zero attached hydrogens (tertiary/aromatic N) is 3. The minimum absolute atomic E-state index is 0.521. The van der Waals surface area contributed by atoms with Crippen LogP contribution in [0.4, 0.5) is 5.69 Å². The van der Waals surface area contributed by atoms with Gasteiger partial charge in [-0.25, -0.2) is 4.98 Å². The number of hydrogen-bond donors (Lipinski definition) is 1. The first-order chi connectivity index (χ1) is 6.29. The molecular formula is C8H12N4O. The summed E-state index contributed by atoms with van der Waals surface area (Å²) >= 11 is 0. The number of anilines is 1. The van der Waals surface area contributed by atoms with Crippen molar-refractivity contribution in [2.24, 2.45) is 4.99 Å². The van der Waals surface area contributed by atoms with Gasteiger partial charge in [0.2, 0.25) is 5.88 Å². The molecule has 0 atom stereocenters. The average Bonchev–Trinajstić information content (AvgIpc) is 2.15. The summed E-state index contributed by atoms with van der Waals surface area (Å²) in [6, 6.07) is 0. The van der Waals surface area contributed by atoms with Crippen molar-refractivity contribution < 1.29 is 4.74 Å². The van der Waals surface area contributed by atoms with E-state index in [0.717, 1.165) is 11.4 Å². The lowest BCUT2D eigenvalue weighted by Gasteiger charge is -2.07. The zero-order valence-corrected chi connectivity index (χ0v) is 7.90. The summed E-state index contributed by atoms with van der Waals surface area (Å²) in [5.74, 6) is 0.521. The molecule has 0 aliphatic carbocycles.